The topological polar surface area (TPSA) is 18.8 Å². The van der Waals surface area contributed by atoms with Crippen LogP contribution in [0.15, 0.2) is 27.6 Å². The van der Waals surface area contributed by atoms with E-state index in [1.807, 2.05) is 0 Å². The van der Waals surface area contributed by atoms with Gasteiger partial charge in [0, 0.05) is 0 Å². The van der Waals surface area contributed by atoms with Crippen LogP contribution in [0.25, 0.3) is 0 Å². The molecule has 102 valence electrons. The van der Waals surface area contributed by atoms with Crippen LogP contribution in [0.2, 0.25) is 0 Å². The van der Waals surface area contributed by atoms with Gasteiger partial charge in [-0.25, -0.2) is 0 Å². The molecule has 1 aromatic rings. The third-order valence-corrected chi connectivity index (χ3v) is 4.73. The van der Waals surface area contributed by atoms with Gasteiger partial charge >= 0.3 is 130 Å². The molecular formula is C12H18BCl2N3Ti. The van der Waals surface area contributed by atoms with Crippen LogP contribution in [-0.2, 0) is 15.6 Å². The molecule has 3 nitrogen and oxygen atoms in total. The van der Waals surface area contributed by atoms with Crippen molar-refractivity contribution in [2.45, 2.75) is 39.8 Å². The maximum atomic E-state index is 6.05. The molecule has 7 heteroatoms. The summed E-state index contributed by atoms with van der Waals surface area (Å²) in [5, 5.41) is 0. The van der Waals surface area contributed by atoms with Gasteiger partial charge in [0.1, 0.15) is 0 Å². The van der Waals surface area contributed by atoms with Crippen LogP contribution in [0.4, 0.5) is 11.4 Å². The summed E-state index contributed by atoms with van der Waals surface area (Å²) in [5.74, 6) is 0. The second-order valence-electron chi connectivity index (χ2n) is 5.21. The third-order valence-electron chi connectivity index (χ3n) is 3.26. The SMILES string of the molecule is CC(C)N1B([N]=[Ti]([Cl])[Cl])N(C(C)C)c2ccccc21. The summed E-state index contributed by atoms with van der Waals surface area (Å²) in [7, 11) is 12.0. The van der Waals surface area contributed by atoms with E-state index in [-0.39, 0.29) is 7.12 Å². The summed E-state index contributed by atoms with van der Waals surface area (Å²) in [6.45, 7) is 8.69. The summed E-state index contributed by atoms with van der Waals surface area (Å²) < 4.78 is 4.65. The van der Waals surface area contributed by atoms with Crippen molar-refractivity contribution in [1.82, 2.24) is 0 Å². The molecule has 0 bridgehead atoms. The molecule has 0 radical (unpaired) electrons. The Hall–Kier alpha value is -0.0208. The molecule has 19 heavy (non-hydrogen) atoms. The van der Waals surface area contributed by atoms with Gasteiger partial charge in [-0.2, -0.15) is 0 Å². The van der Waals surface area contributed by atoms with Crippen LogP contribution in [0.5, 0.6) is 0 Å². The standard InChI is InChI=1S/C12H18BN3.2ClH.Ti/c1-9(2)15-11-7-5-6-8-12(11)16(10(3)4)13(15)14;;;/h5-10H,1-4H3;2*1H;/q;;;+2/p-2. The number of anilines is 2. The number of nitrogens with zero attached hydrogens (tertiary/aromatic N) is 3. The van der Waals surface area contributed by atoms with E-state index in [9.17, 15) is 0 Å². The summed E-state index contributed by atoms with van der Waals surface area (Å²) in [6.07, 6.45) is 0. The molecule has 0 saturated heterocycles. The zero-order valence-corrected chi connectivity index (χ0v) is 14.7. The van der Waals surface area contributed by atoms with Gasteiger partial charge < -0.3 is 0 Å². The fourth-order valence-corrected chi connectivity index (χ4v) is 3.97. The van der Waals surface area contributed by atoms with E-state index in [2.05, 4.69) is 64.9 Å². The zero-order chi connectivity index (χ0) is 14.2. The summed E-state index contributed by atoms with van der Waals surface area (Å²) in [6, 6.07) is 9.11. The molecule has 0 saturated carbocycles. The minimum atomic E-state index is -2.29. The fourth-order valence-electron chi connectivity index (χ4n) is 2.59. The van der Waals surface area contributed by atoms with Crippen molar-refractivity contribution in [2.24, 2.45) is 3.33 Å². The molecule has 2 rings (SSSR count). The monoisotopic (exact) mass is 333 g/mol. The number of benzene rings is 1. The van der Waals surface area contributed by atoms with Crippen LogP contribution >= 0.6 is 18.6 Å². The quantitative estimate of drug-likeness (QED) is 0.771. The third kappa shape index (κ3) is 3.02. The van der Waals surface area contributed by atoms with E-state index in [1.165, 1.54) is 11.4 Å². The van der Waals surface area contributed by atoms with Crippen LogP contribution < -0.4 is 9.62 Å². The Morgan fingerprint density at radius 3 is 1.74 bits per heavy atom. The number of hydrogen-bond acceptors (Lipinski definition) is 3. The Morgan fingerprint density at radius 2 is 1.42 bits per heavy atom. The fraction of sp³-hybridized carbons (Fsp3) is 0.500. The van der Waals surface area contributed by atoms with Gasteiger partial charge in [0.25, 0.3) is 0 Å². The summed E-state index contributed by atoms with van der Waals surface area (Å²) in [4.78, 5) is 4.60. The Morgan fingerprint density at radius 1 is 1.00 bits per heavy atom. The van der Waals surface area contributed by atoms with Gasteiger partial charge in [-0.3, -0.25) is 0 Å². The minimum absolute atomic E-state index is 0.0672. The van der Waals surface area contributed by atoms with E-state index in [0.717, 1.165) is 0 Å². The molecule has 0 N–H and O–H groups in total. The van der Waals surface area contributed by atoms with Gasteiger partial charge in [-0.05, 0) is 0 Å². The van der Waals surface area contributed by atoms with E-state index in [0.29, 0.717) is 12.1 Å². The van der Waals surface area contributed by atoms with Crippen LogP contribution in [0.1, 0.15) is 27.7 Å². The average Bonchev–Trinajstić information content (AvgIpc) is 2.61. The Bertz CT molecular complexity index is 457. The number of rotatable bonds is 3. The van der Waals surface area contributed by atoms with E-state index < -0.39 is 15.6 Å². The van der Waals surface area contributed by atoms with Crippen molar-refractivity contribution < 1.29 is 15.6 Å². The number of hydrogen-bond donors (Lipinski definition) is 0. The first-order valence-corrected chi connectivity index (χ1v) is 11.5. The number of halogens is 2. The van der Waals surface area contributed by atoms with Crippen molar-refractivity contribution in [1.29, 1.82) is 0 Å². The second-order valence-corrected chi connectivity index (χ2v) is 10.1. The van der Waals surface area contributed by atoms with Gasteiger partial charge in [-0.15, -0.1) is 0 Å². The average molecular weight is 334 g/mol. The molecule has 0 aliphatic carbocycles. The number of para-hydroxylation sites is 2. The van der Waals surface area contributed by atoms with Crippen LogP contribution in [0.3, 0.4) is 0 Å². The second kappa shape index (κ2) is 6.17. The summed E-state index contributed by atoms with van der Waals surface area (Å²) >= 11 is -2.29. The first kappa shape index (κ1) is 15.4. The molecule has 1 heterocycles. The van der Waals surface area contributed by atoms with E-state index in [4.69, 9.17) is 18.6 Å². The summed E-state index contributed by atoms with van der Waals surface area (Å²) in [5.41, 5.74) is 2.43. The Kier molecular flexibility index (Phi) is 4.99. The zero-order valence-electron chi connectivity index (χ0n) is 11.6. The first-order valence-electron chi connectivity index (χ1n) is 6.48. The molecule has 1 aliphatic rings. The van der Waals surface area contributed by atoms with Gasteiger partial charge in [-0.1, -0.05) is 0 Å². The van der Waals surface area contributed by atoms with Gasteiger partial charge in [0.15, 0.2) is 0 Å². The Labute approximate surface area is 129 Å². The van der Waals surface area contributed by atoms with Gasteiger partial charge in [0.05, 0.1) is 0 Å². The van der Waals surface area contributed by atoms with Crippen molar-refractivity contribution >= 4 is 37.1 Å². The van der Waals surface area contributed by atoms with Crippen LogP contribution in [-0.4, -0.2) is 19.2 Å². The van der Waals surface area contributed by atoms with Crippen molar-refractivity contribution in [3.63, 3.8) is 0 Å². The van der Waals surface area contributed by atoms with Crippen LogP contribution in [0, 0.1) is 0 Å². The first-order chi connectivity index (χ1) is 8.93. The van der Waals surface area contributed by atoms with Crippen molar-refractivity contribution in [2.75, 3.05) is 9.62 Å². The molecule has 0 aromatic heterocycles. The predicted molar refractivity (Wildman–Crippen MR) is 81.6 cm³/mol. The maximum absolute atomic E-state index is 6.05. The molecule has 0 fully saturated rings. The van der Waals surface area contributed by atoms with E-state index in [1.54, 1.807) is 0 Å². The molecule has 0 atom stereocenters. The molecule has 1 aliphatic heterocycles. The predicted octanol–water partition coefficient (Wildman–Crippen LogP) is 4.22. The van der Waals surface area contributed by atoms with Crippen molar-refractivity contribution in [3.8, 4) is 0 Å². The molecule has 0 amide bonds. The van der Waals surface area contributed by atoms with Crippen molar-refractivity contribution in [3.05, 3.63) is 24.3 Å². The molecule has 1 aromatic carbocycles. The molecular weight excluding hydrogens is 316 g/mol. The Balaban J connectivity index is 2.55. The molecule has 0 unspecified atom stereocenters. The van der Waals surface area contributed by atoms with Gasteiger partial charge in [0.2, 0.25) is 0 Å². The normalized spacial score (nSPS) is 14.4. The number of fused-ring (bicyclic) bond motifs is 1. The van der Waals surface area contributed by atoms with E-state index >= 15 is 0 Å². The molecule has 0 spiro atoms.